The average Bonchev–Trinajstić information content (AvgIpc) is 2.42. The first-order chi connectivity index (χ1) is 9.49. The van der Waals surface area contributed by atoms with Crippen molar-refractivity contribution in [2.24, 2.45) is 0 Å². The molecule has 0 atom stereocenters. The molecule has 0 radical (unpaired) electrons. The van der Waals surface area contributed by atoms with Gasteiger partial charge in [0.05, 0.1) is 11.3 Å². The smallest absolute Gasteiger partial charge is 0.257 e. The zero-order valence-corrected chi connectivity index (χ0v) is 12.4. The number of para-hydroxylation sites is 1. The maximum absolute atomic E-state index is 12.2. The molecule has 0 aromatic heterocycles. The third kappa shape index (κ3) is 3.05. The molecule has 2 aromatic carbocycles. The minimum atomic E-state index is -0.315. The lowest BCUT2D eigenvalue weighted by molar-refractivity contribution is 0.101. The summed E-state index contributed by atoms with van der Waals surface area (Å²) in [5.74, 6) is -0.368. The van der Waals surface area contributed by atoms with E-state index in [0.717, 1.165) is 0 Å². The Morgan fingerprint density at radius 2 is 1.85 bits per heavy atom. The molecule has 0 saturated carbocycles. The number of amides is 1. The average molecular weight is 333 g/mol. The number of rotatable bonds is 3. The second kappa shape index (κ2) is 5.88. The summed E-state index contributed by atoms with van der Waals surface area (Å²) >= 11 is 3.28. The second-order valence-corrected chi connectivity index (χ2v) is 5.15. The normalized spacial score (nSPS) is 10.1. The summed E-state index contributed by atoms with van der Waals surface area (Å²) in [6.45, 7) is 1.48. The number of halogens is 1. The van der Waals surface area contributed by atoms with E-state index in [9.17, 15) is 9.59 Å². The van der Waals surface area contributed by atoms with E-state index in [0.29, 0.717) is 27.0 Å². The predicted molar refractivity (Wildman–Crippen MR) is 83.0 cm³/mol. The van der Waals surface area contributed by atoms with Crippen LogP contribution in [0.25, 0.3) is 0 Å². The van der Waals surface area contributed by atoms with Gasteiger partial charge >= 0.3 is 0 Å². The van der Waals surface area contributed by atoms with Gasteiger partial charge in [0, 0.05) is 15.7 Å². The summed E-state index contributed by atoms with van der Waals surface area (Å²) in [6, 6.07) is 11.9. The molecule has 0 bridgehead atoms. The highest BCUT2D eigenvalue weighted by atomic mass is 79.9. The van der Waals surface area contributed by atoms with Crippen LogP contribution < -0.4 is 11.1 Å². The lowest BCUT2D eigenvalue weighted by atomic mass is 10.1. The number of anilines is 2. The van der Waals surface area contributed by atoms with Gasteiger partial charge in [-0.2, -0.15) is 0 Å². The molecule has 0 aliphatic heterocycles. The molecule has 2 aromatic rings. The molecule has 4 nitrogen and oxygen atoms in total. The largest absolute Gasteiger partial charge is 0.397 e. The molecule has 0 spiro atoms. The number of nitrogen functional groups attached to an aromatic ring is 1. The summed E-state index contributed by atoms with van der Waals surface area (Å²) in [4.78, 5) is 23.5. The zero-order chi connectivity index (χ0) is 14.7. The molecular formula is C15H13BrN2O2. The fraction of sp³-hybridized carbons (Fsp3) is 0.0667. The minimum absolute atomic E-state index is 0.0527. The van der Waals surface area contributed by atoms with Crippen molar-refractivity contribution < 1.29 is 9.59 Å². The van der Waals surface area contributed by atoms with Crippen molar-refractivity contribution in [2.75, 3.05) is 11.1 Å². The van der Waals surface area contributed by atoms with Gasteiger partial charge in [0.2, 0.25) is 0 Å². The first-order valence-electron chi connectivity index (χ1n) is 5.95. The van der Waals surface area contributed by atoms with Crippen LogP contribution in [0, 0.1) is 0 Å². The van der Waals surface area contributed by atoms with E-state index < -0.39 is 0 Å². The molecule has 0 unspecified atom stereocenters. The van der Waals surface area contributed by atoms with Crippen molar-refractivity contribution >= 4 is 39.0 Å². The standard InChI is InChI=1S/C15H13BrN2O2/c1-9(19)10-4-2-5-11(8-10)18-15(20)12-6-3-7-13(16)14(12)17/h2-8H,17H2,1H3,(H,18,20). The lowest BCUT2D eigenvalue weighted by Crippen LogP contribution is -2.14. The third-order valence-electron chi connectivity index (χ3n) is 2.82. The van der Waals surface area contributed by atoms with E-state index in [-0.39, 0.29) is 11.7 Å². The molecule has 0 fully saturated rings. The van der Waals surface area contributed by atoms with Crippen molar-refractivity contribution in [1.82, 2.24) is 0 Å². The fourth-order valence-electron chi connectivity index (χ4n) is 1.75. The van der Waals surface area contributed by atoms with Gasteiger partial charge in [-0.15, -0.1) is 0 Å². The SMILES string of the molecule is CC(=O)c1cccc(NC(=O)c2cccc(Br)c2N)c1. The second-order valence-electron chi connectivity index (χ2n) is 4.29. The number of ketones is 1. The number of carbonyl (C=O) groups excluding carboxylic acids is 2. The zero-order valence-electron chi connectivity index (χ0n) is 10.8. The van der Waals surface area contributed by atoms with E-state index in [1.54, 1.807) is 42.5 Å². The van der Waals surface area contributed by atoms with E-state index in [1.807, 2.05) is 0 Å². The van der Waals surface area contributed by atoms with Gasteiger partial charge in [-0.1, -0.05) is 18.2 Å². The molecule has 0 heterocycles. The van der Waals surface area contributed by atoms with Crippen LogP contribution >= 0.6 is 15.9 Å². The number of hydrogen-bond acceptors (Lipinski definition) is 3. The number of Topliss-reactive ketones (excluding diaryl/α,β-unsaturated/α-hetero) is 1. The van der Waals surface area contributed by atoms with Crippen LogP contribution in [0.4, 0.5) is 11.4 Å². The van der Waals surface area contributed by atoms with Gasteiger partial charge < -0.3 is 11.1 Å². The maximum atomic E-state index is 12.2. The summed E-state index contributed by atoms with van der Waals surface area (Å²) in [6.07, 6.45) is 0. The summed E-state index contributed by atoms with van der Waals surface area (Å²) in [5.41, 5.74) is 7.72. The predicted octanol–water partition coefficient (Wildman–Crippen LogP) is 3.49. The molecule has 102 valence electrons. The topological polar surface area (TPSA) is 72.2 Å². The first-order valence-corrected chi connectivity index (χ1v) is 6.74. The van der Waals surface area contributed by atoms with Crippen LogP contribution in [0.15, 0.2) is 46.9 Å². The van der Waals surface area contributed by atoms with Crippen LogP contribution in [0.1, 0.15) is 27.6 Å². The minimum Gasteiger partial charge on any atom is -0.397 e. The number of nitrogens with one attached hydrogen (secondary N) is 1. The molecule has 2 rings (SSSR count). The van der Waals surface area contributed by atoms with Crippen molar-refractivity contribution in [3.05, 3.63) is 58.1 Å². The Morgan fingerprint density at radius 3 is 2.55 bits per heavy atom. The van der Waals surface area contributed by atoms with Gasteiger partial charge in [-0.25, -0.2) is 0 Å². The van der Waals surface area contributed by atoms with Gasteiger partial charge in [0.25, 0.3) is 5.91 Å². The highest BCUT2D eigenvalue weighted by molar-refractivity contribution is 9.10. The van der Waals surface area contributed by atoms with E-state index in [1.165, 1.54) is 6.92 Å². The van der Waals surface area contributed by atoms with Gasteiger partial charge in [-0.05, 0) is 47.1 Å². The Balaban J connectivity index is 2.26. The highest BCUT2D eigenvalue weighted by Crippen LogP contribution is 2.24. The Hall–Kier alpha value is -2.14. The Morgan fingerprint density at radius 1 is 1.15 bits per heavy atom. The summed E-state index contributed by atoms with van der Waals surface area (Å²) in [7, 11) is 0. The third-order valence-corrected chi connectivity index (χ3v) is 3.52. The van der Waals surface area contributed by atoms with Crippen LogP contribution in [-0.4, -0.2) is 11.7 Å². The van der Waals surface area contributed by atoms with E-state index >= 15 is 0 Å². The Kier molecular flexibility index (Phi) is 4.20. The van der Waals surface area contributed by atoms with Crippen LogP contribution in [0.5, 0.6) is 0 Å². The van der Waals surface area contributed by atoms with Crippen molar-refractivity contribution in [2.45, 2.75) is 6.92 Å². The highest BCUT2D eigenvalue weighted by Gasteiger charge is 2.12. The summed E-state index contributed by atoms with van der Waals surface area (Å²) in [5, 5.41) is 2.73. The van der Waals surface area contributed by atoms with E-state index in [2.05, 4.69) is 21.2 Å². The Labute approximate surface area is 125 Å². The number of benzene rings is 2. The van der Waals surface area contributed by atoms with Crippen LogP contribution in [0.3, 0.4) is 0 Å². The lowest BCUT2D eigenvalue weighted by Gasteiger charge is -2.09. The van der Waals surface area contributed by atoms with Gasteiger partial charge in [-0.3, -0.25) is 9.59 Å². The molecule has 3 N–H and O–H groups in total. The van der Waals surface area contributed by atoms with Crippen LogP contribution in [-0.2, 0) is 0 Å². The molecule has 20 heavy (non-hydrogen) atoms. The maximum Gasteiger partial charge on any atom is 0.257 e. The molecule has 0 saturated heterocycles. The van der Waals surface area contributed by atoms with Crippen LogP contribution in [0.2, 0.25) is 0 Å². The monoisotopic (exact) mass is 332 g/mol. The van der Waals surface area contributed by atoms with Crippen molar-refractivity contribution in [1.29, 1.82) is 0 Å². The summed E-state index contributed by atoms with van der Waals surface area (Å²) < 4.78 is 0.669. The molecular weight excluding hydrogens is 320 g/mol. The van der Waals surface area contributed by atoms with Crippen molar-refractivity contribution in [3.63, 3.8) is 0 Å². The first kappa shape index (κ1) is 14.3. The van der Waals surface area contributed by atoms with Gasteiger partial charge in [0.1, 0.15) is 0 Å². The number of nitrogens with two attached hydrogens (primary N) is 1. The quantitative estimate of drug-likeness (QED) is 0.667. The molecule has 5 heteroatoms. The fourth-order valence-corrected chi connectivity index (χ4v) is 2.12. The Bertz CT molecular complexity index is 683. The van der Waals surface area contributed by atoms with Gasteiger partial charge in [0.15, 0.2) is 5.78 Å². The molecule has 0 aliphatic rings. The number of hydrogen-bond donors (Lipinski definition) is 2. The van der Waals surface area contributed by atoms with E-state index in [4.69, 9.17) is 5.73 Å². The molecule has 1 amide bonds. The van der Waals surface area contributed by atoms with Crippen molar-refractivity contribution in [3.8, 4) is 0 Å². The number of carbonyl (C=O) groups is 2. The molecule has 0 aliphatic carbocycles.